The smallest absolute Gasteiger partial charge is 0.193 e. The van der Waals surface area contributed by atoms with E-state index in [1.807, 2.05) is 18.2 Å². The van der Waals surface area contributed by atoms with Crippen LogP contribution in [0.3, 0.4) is 0 Å². The van der Waals surface area contributed by atoms with E-state index in [1.165, 1.54) is 0 Å². The van der Waals surface area contributed by atoms with Crippen LogP contribution in [0.15, 0.2) is 35.5 Å². The molecule has 0 aromatic carbocycles. The lowest BCUT2D eigenvalue weighted by Gasteiger charge is -2.31. The highest BCUT2D eigenvalue weighted by atomic mass is 28.4. The predicted octanol–water partition coefficient (Wildman–Crippen LogP) is 4.53. The molecule has 1 heterocycles. The highest BCUT2D eigenvalue weighted by Crippen LogP contribution is 2.30. The van der Waals surface area contributed by atoms with Gasteiger partial charge in [-0.2, -0.15) is 0 Å². The van der Waals surface area contributed by atoms with Crippen LogP contribution in [-0.4, -0.2) is 8.32 Å². The van der Waals surface area contributed by atoms with Crippen LogP contribution in [0.1, 0.15) is 32.6 Å². The third-order valence-electron chi connectivity index (χ3n) is 3.35. The average molecular weight is 238 g/mol. The van der Waals surface area contributed by atoms with Crippen LogP contribution in [0.2, 0.25) is 18.1 Å². The summed E-state index contributed by atoms with van der Waals surface area (Å²) in [6.45, 7) is 10.5. The van der Waals surface area contributed by atoms with Gasteiger partial charge in [0.15, 0.2) is 8.32 Å². The first-order chi connectivity index (χ1) is 7.71. The van der Waals surface area contributed by atoms with Crippen LogP contribution in [0.5, 0.6) is 0 Å². The summed E-state index contributed by atoms with van der Waals surface area (Å²) in [7, 11) is -1.59. The summed E-state index contributed by atoms with van der Waals surface area (Å²) in [4.78, 5) is 0. The molecule has 0 amide bonds. The number of hydrogen-bond acceptors (Lipinski definition) is 2. The van der Waals surface area contributed by atoms with E-state index in [-0.39, 0.29) is 6.10 Å². The van der Waals surface area contributed by atoms with E-state index in [2.05, 4.69) is 27.4 Å². The molecule has 0 radical (unpaired) electrons. The first-order valence-electron chi connectivity index (χ1n) is 6.05. The van der Waals surface area contributed by atoms with Gasteiger partial charge in [0, 0.05) is 0 Å². The molecule has 0 aliphatic heterocycles. The van der Waals surface area contributed by atoms with Crippen LogP contribution in [0.25, 0.3) is 0 Å². The van der Waals surface area contributed by atoms with E-state index in [4.69, 9.17) is 8.84 Å². The predicted molar refractivity (Wildman–Crippen MR) is 69.9 cm³/mol. The molecule has 1 unspecified atom stereocenters. The van der Waals surface area contributed by atoms with Gasteiger partial charge in [0.2, 0.25) is 0 Å². The zero-order chi connectivity index (χ0) is 12.0. The molecule has 2 nitrogen and oxygen atoms in total. The molecule has 0 aliphatic rings. The fourth-order valence-corrected chi connectivity index (χ4v) is 4.70. The lowest BCUT2D eigenvalue weighted by molar-refractivity contribution is 0.207. The summed E-state index contributed by atoms with van der Waals surface area (Å²) in [5.41, 5.74) is 0. The first-order valence-corrected chi connectivity index (χ1v) is 8.58. The van der Waals surface area contributed by atoms with Crippen molar-refractivity contribution in [3.8, 4) is 0 Å². The Morgan fingerprint density at radius 1 is 1.38 bits per heavy atom. The fraction of sp³-hybridized carbons (Fsp3) is 0.538. The molecule has 3 heteroatoms. The van der Waals surface area contributed by atoms with Gasteiger partial charge in [0.05, 0.1) is 6.26 Å². The van der Waals surface area contributed by atoms with E-state index in [0.717, 1.165) is 23.9 Å². The Bertz CT molecular complexity index is 293. The molecule has 16 heavy (non-hydrogen) atoms. The van der Waals surface area contributed by atoms with E-state index in [0.29, 0.717) is 0 Å². The third kappa shape index (κ3) is 2.86. The number of hydrogen-bond donors (Lipinski definition) is 0. The molecule has 0 bridgehead atoms. The van der Waals surface area contributed by atoms with E-state index in [9.17, 15) is 0 Å². The van der Waals surface area contributed by atoms with Crippen molar-refractivity contribution in [2.75, 3.05) is 0 Å². The molecule has 1 atom stereocenters. The second-order valence-corrected chi connectivity index (χ2v) is 8.76. The van der Waals surface area contributed by atoms with Gasteiger partial charge in [-0.1, -0.05) is 26.8 Å². The molecule has 90 valence electrons. The second kappa shape index (κ2) is 6.06. The highest BCUT2D eigenvalue weighted by molar-refractivity contribution is 6.73. The molecule has 0 spiro atoms. The quantitative estimate of drug-likeness (QED) is 0.514. The average Bonchev–Trinajstić information content (AvgIpc) is 2.85. The Hall–Kier alpha value is -0.803. The maximum absolute atomic E-state index is 6.31. The topological polar surface area (TPSA) is 22.4 Å². The first kappa shape index (κ1) is 13.3. The summed E-state index contributed by atoms with van der Waals surface area (Å²) in [6, 6.07) is 7.27. The minimum atomic E-state index is -1.59. The minimum absolute atomic E-state index is 0.0819. The molecule has 0 N–H and O–H groups in total. The van der Waals surface area contributed by atoms with Gasteiger partial charge in [0.25, 0.3) is 0 Å². The number of rotatable bonds is 7. The van der Waals surface area contributed by atoms with Gasteiger partial charge < -0.3 is 8.84 Å². The van der Waals surface area contributed by atoms with E-state index in [1.54, 1.807) is 6.26 Å². The van der Waals surface area contributed by atoms with Gasteiger partial charge in [-0.15, -0.1) is 6.58 Å². The van der Waals surface area contributed by atoms with Crippen molar-refractivity contribution in [2.24, 2.45) is 0 Å². The molecule has 0 saturated heterocycles. The van der Waals surface area contributed by atoms with Crippen molar-refractivity contribution in [3.63, 3.8) is 0 Å². The molecular weight excluding hydrogens is 216 g/mol. The second-order valence-electron chi connectivity index (χ2n) is 4.03. The largest absolute Gasteiger partial charge is 0.466 e. The fourth-order valence-electron chi connectivity index (χ4n) is 1.94. The molecule has 0 aliphatic carbocycles. The van der Waals surface area contributed by atoms with Crippen LogP contribution >= 0.6 is 0 Å². The van der Waals surface area contributed by atoms with Crippen molar-refractivity contribution in [2.45, 2.75) is 45.0 Å². The van der Waals surface area contributed by atoms with Crippen molar-refractivity contribution in [1.29, 1.82) is 0 Å². The lowest BCUT2D eigenvalue weighted by atomic mass is 10.3. The molecule has 1 aromatic rings. The molecule has 1 aromatic heterocycles. The van der Waals surface area contributed by atoms with E-state index >= 15 is 0 Å². The summed E-state index contributed by atoms with van der Waals surface area (Å²) in [5.74, 6) is 0.863. The van der Waals surface area contributed by atoms with Gasteiger partial charge >= 0.3 is 0 Å². The van der Waals surface area contributed by atoms with Crippen molar-refractivity contribution >= 4 is 8.32 Å². The molecule has 0 saturated carbocycles. The summed E-state index contributed by atoms with van der Waals surface area (Å²) >= 11 is 0. The summed E-state index contributed by atoms with van der Waals surface area (Å²) < 4.78 is 11.7. The monoisotopic (exact) mass is 238 g/mol. The van der Waals surface area contributed by atoms with Gasteiger partial charge in [-0.05, 0) is 30.3 Å². The Morgan fingerprint density at radius 3 is 2.38 bits per heavy atom. The van der Waals surface area contributed by atoms with E-state index < -0.39 is 8.32 Å². The Morgan fingerprint density at radius 2 is 2.00 bits per heavy atom. The van der Waals surface area contributed by atoms with Crippen LogP contribution in [-0.2, 0) is 4.43 Å². The minimum Gasteiger partial charge on any atom is -0.466 e. The lowest BCUT2D eigenvalue weighted by Crippen LogP contribution is -2.36. The SMILES string of the molecule is C=CC(O[Si](CC)(CC)CC)c1ccco1. The van der Waals surface area contributed by atoms with Crippen LogP contribution in [0, 0.1) is 0 Å². The van der Waals surface area contributed by atoms with Crippen LogP contribution < -0.4 is 0 Å². The third-order valence-corrected chi connectivity index (χ3v) is 7.97. The Kier molecular flexibility index (Phi) is 5.02. The molecular formula is C13H22O2Si. The number of furan rings is 1. The van der Waals surface area contributed by atoms with Crippen molar-refractivity contribution < 1.29 is 8.84 Å². The van der Waals surface area contributed by atoms with Crippen LogP contribution in [0.4, 0.5) is 0 Å². The maximum atomic E-state index is 6.31. The van der Waals surface area contributed by atoms with Gasteiger partial charge in [0.1, 0.15) is 11.9 Å². The van der Waals surface area contributed by atoms with Crippen molar-refractivity contribution in [3.05, 3.63) is 36.8 Å². The molecule has 1 rings (SSSR count). The van der Waals surface area contributed by atoms with Gasteiger partial charge in [-0.3, -0.25) is 0 Å². The molecule has 0 fully saturated rings. The van der Waals surface area contributed by atoms with Gasteiger partial charge in [-0.25, -0.2) is 0 Å². The van der Waals surface area contributed by atoms with Crippen molar-refractivity contribution in [1.82, 2.24) is 0 Å². The Balaban J connectivity index is 2.79. The normalized spacial score (nSPS) is 13.7. The standard InChI is InChI=1S/C13H22O2Si/c1-5-12(13-10-9-11-14-13)15-16(6-2,7-3)8-4/h5,9-12H,1,6-8H2,2-4H3. The Labute approximate surface area is 99.4 Å². The highest BCUT2D eigenvalue weighted by Gasteiger charge is 2.32. The summed E-state index contributed by atoms with van der Waals surface area (Å²) in [5, 5.41) is 0. The zero-order valence-corrected chi connectivity index (χ0v) is 11.5. The summed E-state index contributed by atoms with van der Waals surface area (Å²) in [6.07, 6.45) is 3.44. The maximum Gasteiger partial charge on any atom is 0.193 e. The zero-order valence-electron chi connectivity index (χ0n) is 10.5.